The number of imidazole rings is 1. The molecule has 0 radical (unpaired) electrons. The summed E-state index contributed by atoms with van der Waals surface area (Å²) in [6, 6.07) is 24.9. The Hall–Kier alpha value is -2.23. The van der Waals surface area contributed by atoms with Crippen molar-refractivity contribution in [3.63, 3.8) is 0 Å². The number of halogens is 1. The summed E-state index contributed by atoms with van der Waals surface area (Å²) in [5, 5.41) is 1.65. The third kappa shape index (κ3) is 3.89. The molecule has 0 aliphatic heterocycles. The summed E-state index contributed by atoms with van der Waals surface area (Å²) in [6.45, 7) is 0. The maximum absolute atomic E-state index is 6.04. The molecule has 25 heavy (non-hydrogen) atoms. The highest BCUT2D eigenvalue weighted by Crippen LogP contribution is 2.26. The van der Waals surface area contributed by atoms with Crippen molar-refractivity contribution < 1.29 is 0 Å². The molecule has 0 saturated heterocycles. The van der Waals surface area contributed by atoms with Crippen LogP contribution in [0.15, 0.2) is 78.0 Å². The van der Waals surface area contributed by atoms with Gasteiger partial charge >= 0.3 is 0 Å². The summed E-state index contributed by atoms with van der Waals surface area (Å²) in [5.41, 5.74) is 5.96. The van der Waals surface area contributed by atoms with Crippen LogP contribution in [0, 0.1) is 0 Å². The first-order chi connectivity index (χ1) is 12.3. The number of aromatic nitrogens is 2. The zero-order valence-corrected chi connectivity index (χ0v) is 15.1. The molecular formula is C21H17ClN2S. The molecule has 0 fully saturated rings. The lowest BCUT2D eigenvalue weighted by molar-refractivity contribution is 1.07. The second kappa shape index (κ2) is 7.34. The average Bonchev–Trinajstić information content (AvgIpc) is 3.04. The highest BCUT2D eigenvalue weighted by molar-refractivity contribution is 7.98. The fourth-order valence-corrected chi connectivity index (χ4v) is 3.95. The van der Waals surface area contributed by atoms with Crippen molar-refractivity contribution in [2.75, 3.05) is 0 Å². The maximum atomic E-state index is 6.04. The van der Waals surface area contributed by atoms with Gasteiger partial charge in [-0.1, -0.05) is 78.0 Å². The number of benzene rings is 3. The number of nitrogens with zero attached hydrogens (tertiary/aromatic N) is 1. The first-order valence-electron chi connectivity index (χ1n) is 8.17. The number of rotatable bonds is 5. The van der Waals surface area contributed by atoms with Crippen molar-refractivity contribution in [1.82, 2.24) is 9.97 Å². The number of fused-ring (bicyclic) bond motifs is 1. The minimum atomic E-state index is 0.723. The number of hydrogen-bond donors (Lipinski definition) is 1. The van der Waals surface area contributed by atoms with Crippen LogP contribution in [0.1, 0.15) is 16.7 Å². The molecule has 0 aliphatic carbocycles. The molecule has 0 aliphatic rings. The van der Waals surface area contributed by atoms with Gasteiger partial charge < -0.3 is 4.98 Å². The van der Waals surface area contributed by atoms with Crippen LogP contribution in [0.2, 0.25) is 5.02 Å². The molecule has 2 nitrogen and oxygen atoms in total. The number of thioether (sulfide) groups is 1. The largest absolute Gasteiger partial charge is 0.333 e. The van der Waals surface area contributed by atoms with Gasteiger partial charge in [0.05, 0.1) is 11.0 Å². The summed E-state index contributed by atoms with van der Waals surface area (Å²) in [4.78, 5) is 7.97. The van der Waals surface area contributed by atoms with E-state index in [1.807, 2.05) is 18.2 Å². The van der Waals surface area contributed by atoms with E-state index in [9.17, 15) is 0 Å². The average molecular weight is 365 g/mol. The van der Waals surface area contributed by atoms with E-state index in [-0.39, 0.29) is 0 Å². The number of hydrogen-bond acceptors (Lipinski definition) is 2. The number of nitrogens with one attached hydrogen (secondary N) is 1. The molecule has 1 heterocycles. The van der Waals surface area contributed by atoms with E-state index in [4.69, 9.17) is 11.6 Å². The van der Waals surface area contributed by atoms with E-state index in [0.717, 1.165) is 33.4 Å². The molecule has 1 aromatic heterocycles. The SMILES string of the molecule is Clc1ccc2nc(SCc3ccccc3Cc3ccccc3)[nH]c2c1. The lowest BCUT2D eigenvalue weighted by Gasteiger charge is -2.08. The lowest BCUT2D eigenvalue weighted by Crippen LogP contribution is -1.94. The molecule has 0 atom stereocenters. The fourth-order valence-electron chi connectivity index (χ4n) is 2.86. The summed E-state index contributed by atoms with van der Waals surface area (Å²) < 4.78 is 0. The first-order valence-corrected chi connectivity index (χ1v) is 9.53. The van der Waals surface area contributed by atoms with Gasteiger partial charge in [-0.2, -0.15) is 0 Å². The topological polar surface area (TPSA) is 28.7 Å². The molecule has 124 valence electrons. The molecule has 0 saturated carbocycles. The van der Waals surface area contributed by atoms with Crippen LogP contribution in [0.3, 0.4) is 0 Å². The van der Waals surface area contributed by atoms with Gasteiger partial charge in [0.15, 0.2) is 5.16 Å². The highest BCUT2D eigenvalue weighted by atomic mass is 35.5. The number of H-pyrrole nitrogens is 1. The summed E-state index contributed by atoms with van der Waals surface area (Å²) in [6.07, 6.45) is 0.952. The van der Waals surface area contributed by atoms with Crippen LogP contribution in [0.4, 0.5) is 0 Å². The van der Waals surface area contributed by atoms with Gasteiger partial charge in [-0.25, -0.2) is 4.98 Å². The molecular weight excluding hydrogens is 348 g/mol. The monoisotopic (exact) mass is 364 g/mol. The maximum Gasteiger partial charge on any atom is 0.166 e. The van der Waals surface area contributed by atoms with Crippen molar-refractivity contribution in [1.29, 1.82) is 0 Å². The molecule has 0 unspecified atom stereocenters. The van der Waals surface area contributed by atoms with Gasteiger partial charge in [0.2, 0.25) is 0 Å². The summed E-state index contributed by atoms with van der Waals surface area (Å²) in [7, 11) is 0. The Morgan fingerprint density at radius 2 is 1.64 bits per heavy atom. The zero-order chi connectivity index (χ0) is 17.1. The van der Waals surface area contributed by atoms with Crippen LogP contribution >= 0.6 is 23.4 Å². The van der Waals surface area contributed by atoms with E-state index in [0.29, 0.717) is 0 Å². The van der Waals surface area contributed by atoms with Crippen molar-refractivity contribution in [2.24, 2.45) is 0 Å². The minimum Gasteiger partial charge on any atom is -0.333 e. The van der Waals surface area contributed by atoms with E-state index in [1.54, 1.807) is 11.8 Å². The highest BCUT2D eigenvalue weighted by Gasteiger charge is 2.07. The predicted octanol–water partition coefficient (Wildman–Crippen LogP) is 6.10. The zero-order valence-electron chi connectivity index (χ0n) is 13.6. The van der Waals surface area contributed by atoms with Crippen LogP contribution in [-0.4, -0.2) is 9.97 Å². The van der Waals surface area contributed by atoms with Crippen molar-refractivity contribution in [2.45, 2.75) is 17.3 Å². The van der Waals surface area contributed by atoms with E-state index in [1.165, 1.54) is 16.7 Å². The van der Waals surface area contributed by atoms with Crippen LogP contribution in [-0.2, 0) is 12.2 Å². The molecule has 0 spiro atoms. The Bertz CT molecular complexity index is 995. The van der Waals surface area contributed by atoms with Crippen molar-refractivity contribution in [3.8, 4) is 0 Å². The third-order valence-electron chi connectivity index (χ3n) is 4.14. The molecule has 0 amide bonds. The molecule has 4 heteroatoms. The lowest BCUT2D eigenvalue weighted by atomic mass is 10.0. The predicted molar refractivity (Wildman–Crippen MR) is 106 cm³/mol. The van der Waals surface area contributed by atoms with Crippen LogP contribution in [0.5, 0.6) is 0 Å². The second-order valence-corrected chi connectivity index (χ2v) is 7.32. The van der Waals surface area contributed by atoms with E-state index >= 15 is 0 Å². The van der Waals surface area contributed by atoms with Gasteiger partial charge in [-0.15, -0.1) is 0 Å². The standard InChI is InChI=1S/C21H17ClN2S/c22-18-10-11-19-20(13-18)24-21(23-19)25-14-17-9-5-4-8-16(17)12-15-6-2-1-3-7-15/h1-11,13H,12,14H2,(H,23,24). The van der Waals surface area contributed by atoms with Crippen LogP contribution < -0.4 is 0 Å². The minimum absolute atomic E-state index is 0.723. The van der Waals surface area contributed by atoms with Gasteiger partial charge in [0.25, 0.3) is 0 Å². The number of aromatic amines is 1. The van der Waals surface area contributed by atoms with E-state index < -0.39 is 0 Å². The smallest absolute Gasteiger partial charge is 0.166 e. The molecule has 4 aromatic rings. The van der Waals surface area contributed by atoms with Gasteiger partial charge in [0.1, 0.15) is 0 Å². The Kier molecular flexibility index (Phi) is 4.77. The Labute approximate surface area is 156 Å². The first kappa shape index (κ1) is 16.2. The Balaban J connectivity index is 1.52. The van der Waals surface area contributed by atoms with Crippen molar-refractivity contribution in [3.05, 3.63) is 94.5 Å². The van der Waals surface area contributed by atoms with Gasteiger partial charge in [-0.05, 0) is 41.3 Å². The second-order valence-electron chi connectivity index (χ2n) is 5.92. The normalized spacial score (nSPS) is 11.1. The fraction of sp³-hybridized carbons (Fsp3) is 0.0952. The molecule has 4 rings (SSSR count). The molecule has 3 aromatic carbocycles. The van der Waals surface area contributed by atoms with Gasteiger partial charge in [0, 0.05) is 10.8 Å². The van der Waals surface area contributed by atoms with Crippen LogP contribution in [0.25, 0.3) is 11.0 Å². The Morgan fingerprint density at radius 3 is 2.48 bits per heavy atom. The quantitative estimate of drug-likeness (QED) is 0.433. The third-order valence-corrected chi connectivity index (χ3v) is 5.30. The van der Waals surface area contributed by atoms with Crippen molar-refractivity contribution >= 4 is 34.4 Å². The van der Waals surface area contributed by atoms with E-state index in [2.05, 4.69) is 64.6 Å². The molecule has 1 N–H and O–H groups in total. The Morgan fingerprint density at radius 1 is 0.880 bits per heavy atom. The summed E-state index contributed by atoms with van der Waals surface area (Å²) in [5.74, 6) is 0.885. The summed E-state index contributed by atoms with van der Waals surface area (Å²) >= 11 is 7.76. The molecule has 0 bridgehead atoms. The van der Waals surface area contributed by atoms with Gasteiger partial charge in [-0.3, -0.25) is 0 Å².